The number of nitrogens with two attached hydrogens (primary N) is 1. The van der Waals surface area contributed by atoms with Gasteiger partial charge in [-0.1, -0.05) is 25.1 Å². The molecule has 0 aliphatic heterocycles. The molecule has 0 atom stereocenters. The summed E-state index contributed by atoms with van der Waals surface area (Å²) in [6.45, 7) is 2.48. The van der Waals surface area contributed by atoms with Crippen LogP contribution in [-0.2, 0) is 15.9 Å². The minimum Gasteiger partial charge on any atom is -0.495 e. The van der Waals surface area contributed by atoms with Crippen LogP contribution in [0.25, 0.3) is 10.9 Å². The number of para-hydroxylation sites is 1. The van der Waals surface area contributed by atoms with Gasteiger partial charge in [0.1, 0.15) is 5.75 Å². The molecule has 0 radical (unpaired) electrons. The van der Waals surface area contributed by atoms with E-state index in [9.17, 15) is 4.79 Å². The van der Waals surface area contributed by atoms with Gasteiger partial charge in [0, 0.05) is 37.6 Å². The number of ether oxygens (including phenoxy) is 3. The summed E-state index contributed by atoms with van der Waals surface area (Å²) in [4.78, 5) is 16.6. The van der Waals surface area contributed by atoms with Crippen LogP contribution in [0, 0.1) is 0 Å². The third kappa shape index (κ3) is 4.87. The van der Waals surface area contributed by atoms with Gasteiger partial charge in [-0.3, -0.25) is 9.78 Å². The van der Waals surface area contributed by atoms with Gasteiger partial charge in [0.05, 0.1) is 36.1 Å². The number of aromatic nitrogens is 1. The van der Waals surface area contributed by atoms with Gasteiger partial charge < -0.3 is 30.6 Å². The molecule has 0 aliphatic rings. The first-order valence-electron chi connectivity index (χ1n) is 9.97. The molecule has 1 amide bonds. The lowest BCUT2D eigenvalue weighted by molar-refractivity contribution is -0.0914. The molecule has 1 aromatic heterocycles. The normalized spacial score (nSPS) is 11.0. The zero-order chi connectivity index (χ0) is 22.4. The van der Waals surface area contributed by atoms with E-state index in [1.807, 2.05) is 36.4 Å². The van der Waals surface area contributed by atoms with E-state index in [-0.39, 0.29) is 0 Å². The summed E-state index contributed by atoms with van der Waals surface area (Å²) < 4.78 is 16.0. The van der Waals surface area contributed by atoms with Gasteiger partial charge in [-0.2, -0.15) is 0 Å². The highest BCUT2D eigenvalue weighted by Crippen LogP contribution is 2.36. The maximum absolute atomic E-state index is 12.2. The molecule has 3 rings (SSSR count). The predicted molar refractivity (Wildman–Crippen MR) is 122 cm³/mol. The summed E-state index contributed by atoms with van der Waals surface area (Å²) in [5.74, 6) is 0.0488. The Kier molecular flexibility index (Phi) is 7.28. The minimum atomic E-state index is -0.560. The van der Waals surface area contributed by atoms with E-state index in [0.29, 0.717) is 34.7 Å². The zero-order valence-corrected chi connectivity index (χ0v) is 18.2. The number of methoxy groups -OCH3 is 3. The van der Waals surface area contributed by atoms with Crippen molar-refractivity contribution in [3.05, 3.63) is 53.7 Å². The number of amides is 1. The molecule has 1 heterocycles. The number of nitrogens with one attached hydrogen (secondary N) is 2. The molecule has 0 saturated heterocycles. The molecule has 3 aromatic rings. The van der Waals surface area contributed by atoms with Gasteiger partial charge in [0.15, 0.2) is 6.29 Å². The number of primary amides is 1. The first-order valence-corrected chi connectivity index (χ1v) is 9.97. The highest BCUT2D eigenvalue weighted by atomic mass is 16.7. The molecule has 0 saturated carbocycles. The van der Waals surface area contributed by atoms with Crippen molar-refractivity contribution >= 4 is 33.9 Å². The van der Waals surface area contributed by atoms with Crippen molar-refractivity contribution in [1.29, 1.82) is 0 Å². The van der Waals surface area contributed by atoms with E-state index in [1.54, 1.807) is 21.3 Å². The highest BCUT2D eigenvalue weighted by Gasteiger charge is 2.18. The third-order valence-corrected chi connectivity index (χ3v) is 5.10. The van der Waals surface area contributed by atoms with E-state index >= 15 is 0 Å². The zero-order valence-electron chi connectivity index (χ0n) is 18.2. The Hall–Kier alpha value is -3.36. The number of hydrogen-bond donors (Lipinski definition) is 3. The van der Waals surface area contributed by atoms with Crippen LogP contribution in [0.1, 0.15) is 22.8 Å². The molecule has 8 nitrogen and oxygen atoms in total. The van der Waals surface area contributed by atoms with Crippen LogP contribution in [0.5, 0.6) is 5.75 Å². The van der Waals surface area contributed by atoms with Crippen LogP contribution in [-0.4, -0.2) is 45.1 Å². The fraction of sp³-hybridized carbons (Fsp3) is 0.304. The van der Waals surface area contributed by atoms with Crippen molar-refractivity contribution in [2.45, 2.75) is 19.6 Å². The SMILES string of the molecule is CCc1ccccc1Nc1c(C(N)=O)cnc2cc(OC)c(NCC(OC)OC)cc12. The topological polar surface area (TPSA) is 108 Å². The Morgan fingerprint density at radius 1 is 1.13 bits per heavy atom. The van der Waals surface area contributed by atoms with Gasteiger partial charge in [0.25, 0.3) is 5.91 Å². The fourth-order valence-electron chi connectivity index (χ4n) is 3.39. The van der Waals surface area contributed by atoms with E-state index in [4.69, 9.17) is 19.9 Å². The lowest BCUT2D eigenvalue weighted by Gasteiger charge is -2.19. The molecular formula is C23H28N4O4. The Morgan fingerprint density at radius 3 is 2.52 bits per heavy atom. The molecule has 164 valence electrons. The van der Waals surface area contributed by atoms with Gasteiger partial charge in [-0.25, -0.2) is 0 Å². The molecular weight excluding hydrogens is 396 g/mol. The lowest BCUT2D eigenvalue weighted by Crippen LogP contribution is -2.23. The van der Waals surface area contributed by atoms with E-state index in [0.717, 1.165) is 23.1 Å². The van der Waals surface area contributed by atoms with Crippen LogP contribution < -0.4 is 21.1 Å². The van der Waals surface area contributed by atoms with Gasteiger partial charge in [-0.05, 0) is 24.1 Å². The number of pyridine rings is 1. The monoisotopic (exact) mass is 424 g/mol. The standard InChI is InChI=1S/C23H28N4O4/c1-5-14-8-6-7-9-17(14)27-22-15-10-19(26-13-21(30-3)31-4)20(29-2)11-18(15)25-12-16(22)23(24)28/h6-12,21,26H,5,13H2,1-4H3,(H2,24,28)(H,25,27). The van der Waals surface area contributed by atoms with Crippen LogP contribution in [0.15, 0.2) is 42.6 Å². The number of carbonyl (C=O) groups excluding carboxylic acids is 1. The molecule has 0 bridgehead atoms. The van der Waals surface area contributed by atoms with Crippen molar-refractivity contribution in [2.24, 2.45) is 5.73 Å². The second-order valence-electron chi connectivity index (χ2n) is 6.90. The molecule has 2 aromatic carbocycles. The lowest BCUT2D eigenvalue weighted by atomic mass is 10.1. The van der Waals surface area contributed by atoms with Crippen LogP contribution in [0.3, 0.4) is 0 Å². The number of carbonyl (C=O) groups is 1. The Morgan fingerprint density at radius 2 is 1.87 bits per heavy atom. The quantitative estimate of drug-likeness (QED) is 0.426. The number of aryl methyl sites for hydroxylation is 1. The molecule has 8 heteroatoms. The number of anilines is 3. The average molecular weight is 425 g/mol. The van der Waals surface area contributed by atoms with E-state index in [2.05, 4.69) is 22.5 Å². The van der Waals surface area contributed by atoms with Crippen molar-refractivity contribution in [3.8, 4) is 5.75 Å². The van der Waals surface area contributed by atoms with Gasteiger partial charge in [-0.15, -0.1) is 0 Å². The number of benzene rings is 2. The fourth-order valence-corrected chi connectivity index (χ4v) is 3.39. The van der Waals surface area contributed by atoms with Gasteiger partial charge >= 0.3 is 0 Å². The summed E-state index contributed by atoms with van der Waals surface area (Å²) in [7, 11) is 4.73. The molecule has 4 N–H and O–H groups in total. The predicted octanol–water partition coefficient (Wildman–Crippen LogP) is 3.68. The third-order valence-electron chi connectivity index (χ3n) is 5.10. The summed E-state index contributed by atoms with van der Waals surface area (Å²) in [5.41, 5.74) is 9.98. The smallest absolute Gasteiger partial charge is 0.252 e. The van der Waals surface area contributed by atoms with Crippen LogP contribution >= 0.6 is 0 Å². The minimum absolute atomic E-state index is 0.307. The van der Waals surface area contributed by atoms with Crippen molar-refractivity contribution in [1.82, 2.24) is 4.98 Å². The van der Waals surface area contributed by atoms with Crippen molar-refractivity contribution < 1.29 is 19.0 Å². The Labute approximate surface area is 181 Å². The number of nitrogens with zero attached hydrogens (tertiary/aromatic N) is 1. The number of rotatable bonds is 10. The maximum Gasteiger partial charge on any atom is 0.252 e. The molecule has 0 aliphatic carbocycles. The largest absolute Gasteiger partial charge is 0.495 e. The number of fused-ring (bicyclic) bond motifs is 1. The Balaban J connectivity index is 2.14. The van der Waals surface area contributed by atoms with Crippen molar-refractivity contribution in [3.63, 3.8) is 0 Å². The van der Waals surface area contributed by atoms with E-state index in [1.165, 1.54) is 6.20 Å². The number of hydrogen-bond acceptors (Lipinski definition) is 7. The molecule has 31 heavy (non-hydrogen) atoms. The summed E-state index contributed by atoms with van der Waals surface area (Å²) in [6.07, 6.45) is 1.90. The maximum atomic E-state index is 12.2. The molecule has 0 spiro atoms. The second-order valence-corrected chi connectivity index (χ2v) is 6.90. The molecule has 0 fully saturated rings. The summed E-state index contributed by atoms with van der Waals surface area (Å²) >= 11 is 0. The Bertz CT molecular complexity index is 1070. The first kappa shape index (κ1) is 22.3. The van der Waals surface area contributed by atoms with Crippen LogP contribution in [0.2, 0.25) is 0 Å². The second kappa shape index (κ2) is 10.1. The average Bonchev–Trinajstić information content (AvgIpc) is 2.79. The highest BCUT2D eigenvalue weighted by molar-refractivity contribution is 6.08. The van der Waals surface area contributed by atoms with E-state index < -0.39 is 12.2 Å². The van der Waals surface area contributed by atoms with Crippen molar-refractivity contribution in [2.75, 3.05) is 38.5 Å². The first-order chi connectivity index (χ1) is 15.0. The summed E-state index contributed by atoms with van der Waals surface area (Å²) in [5, 5.41) is 7.42. The summed E-state index contributed by atoms with van der Waals surface area (Å²) in [6, 6.07) is 11.6. The van der Waals surface area contributed by atoms with Gasteiger partial charge in [0.2, 0.25) is 0 Å². The van der Waals surface area contributed by atoms with Crippen LogP contribution in [0.4, 0.5) is 17.1 Å². The molecule has 0 unspecified atom stereocenters.